The Morgan fingerprint density at radius 2 is 1.74 bits per heavy atom. The van der Waals surface area contributed by atoms with Crippen LogP contribution in [0.3, 0.4) is 0 Å². The van der Waals surface area contributed by atoms with Crippen LogP contribution in [0.1, 0.15) is 10.5 Å². The van der Waals surface area contributed by atoms with E-state index >= 15 is 0 Å². The maximum absolute atomic E-state index is 11.9. The van der Waals surface area contributed by atoms with E-state index in [0.717, 1.165) is 0 Å². The zero-order chi connectivity index (χ0) is 17.4. The first-order chi connectivity index (χ1) is 10.9. The molecule has 0 unspecified atom stereocenters. The smallest absolute Gasteiger partial charge is 0.272 e. The normalized spacial score (nSPS) is 13.4. The highest BCUT2D eigenvalue weighted by Gasteiger charge is 2.17. The standard InChI is InChI=1S/C12H19IN4O6/c13-9-3-17(4-10(22)14-1-7(20)5-18)16-11(9)12(23)15-2-8(21)6-19/h3,7-8,18-21H,1-2,4-6H2,(H,14,22)(H,15,23)/t7-,8-/m1/s1. The number of carbonyl (C=O) groups excluding carboxylic acids is 2. The van der Waals surface area contributed by atoms with Gasteiger partial charge in [-0.25, -0.2) is 0 Å². The monoisotopic (exact) mass is 442 g/mol. The Kier molecular flexibility index (Phi) is 8.40. The quantitative estimate of drug-likeness (QED) is 0.223. The van der Waals surface area contributed by atoms with Gasteiger partial charge in [-0.1, -0.05) is 0 Å². The van der Waals surface area contributed by atoms with Gasteiger partial charge in [-0.3, -0.25) is 14.3 Å². The van der Waals surface area contributed by atoms with Crippen LogP contribution in [-0.4, -0.2) is 80.5 Å². The van der Waals surface area contributed by atoms with Crippen LogP contribution >= 0.6 is 22.6 Å². The molecular formula is C12H19IN4O6. The van der Waals surface area contributed by atoms with Crippen molar-refractivity contribution in [3.05, 3.63) is 15.5 Å². The Bertz CT molecular complexity index is 538. The van der Waals surface area contributed by atoms with Gasteiger partial charge in [-0.2, -0.15) is 5.10 Å². The molecule has 0 aromatic carbocycles. The molecule has 0 saturated carbocycles. The van der Waals surface area contributed by atoms with E-state index in [9.17, 15) is 14.7 Å². The van der Waals surface area contributed by atoms with Crippen molar-refractivity contribution in [1.82, 2.24) is 20.4 Å². The summed E-state index contributed by atoms with van der Waals surface area (Å²) in [6, 6.07) is 0. The van der Waals surface area contributed by atoms with Gasteiger partial charge < -0.3 is 31.1 Å². The van der Waals surface area contributed by atoms with Gasteiger partial charge in [0.25, 0.3) is 5.91 Å². The topological polar surface area (TPSA) is 157 Å². The van der Waals surface area contributed by atoms with Gasteiger partial charge in [0.05, 0.1) is 29.0 Å². The molecule has 6 N–H and O–H groups in total. The third kappa shape index (κ3) is 6.78. The van der Waals surface area contributed by atoms with E-state index in [4.69, 9.17) is 15.3 Å². The number of halogens is 1. The first-order valence-electron chi connectivity index (χ1n) is 6.73. The van der Waals surface area contributed by atoms with Gasteiger partial charge in [-0.05, 0) is 22.6 Å². The van der Waals surface area contributed by atoms with Crippen molar-refractivity contribution >= 4 is 34.4 Å². The van der Waals surface area contributed by atoms with Gasteiger partial charge in [0.1, 0.15) is 6.54 Å². The maximum Gasteiger partial charge on any atom is 0.272 e. The van der Waals surface area contributed by atoms with Crippen molar-refractivity contribution in [3.63, 3.8) is 0 Å². The van der Waals surface area contributed by atoms with E-state index in [1.807, 2.05) is 22.6 Å². The van der Waals surface area contributed by atoms with Crippen molar-refractivity contribution in [2.75, 3.05) is 26.3 Å². The highest BCUT2D eigenvalue weighted by molar-refractivity contribution is 14.1. The van der Waals surface area contributed by atoms with Crippen LogP contribution in [0.2, 0.25) is 0 Å². The van der Waals surface area contributed by atoms with Crippen molar-refractivity contribution in [2.45, 2.75) is 18.8 Å². The number of hydrogen-bond acceptors (Lipinski definition) is 7. The third-order valence-corrected chi connectivity index (χ3v) is 3.48. The molecular weight excluding hydrogens is 423 g/mol. The molecule has 1 rings (SSSR count). The molecule has 10 nitrogen and oxygen atoms in total. The summed E-state index contributed by atoms with van der Waals surface area (Å²) < 4.78 is 1.78. The number of hydrogen-bond donors (Lipinski definition) is 6. The lowest BCUT2D eigenvalue weighted by atomic mass is 10.3. The number of aliphatic hydroxyl groups is 4. The van der Waals surface area contributed by atoms with Crippen molar-refractivity contribution in [3.8, 4) is 0 Å². The summed E-state index contributed by atoms with van der Waals surface area (Å²) in [4.78, 5) is 23.5. The predicted octanol–water partition coefficient (Wildman–Crippen LogP) is -2.96. The number of amides is 2. The first-order valence-corrected chi connectivity index (χ1v) is 7.81. The Morgan fingerprint density at radius 3 is 2.30 bits per heavy atom. The van der Waals surface area contributed by atoms with Crippen molar-refractivity contribution in [2.24, 2.45) is 0 Å². The van der Waals surface area contributed by atoms with Gasteiger partial charge in [0.2, 0.25) is 5.91 Å². The summed E-state index contributed by atoms with van der Waals surface area (Å²) in [6.45, 7) is -1.27. The first kappa shape index (κ1) is 19.8. The van der Waals surface area contributed by atoms with E-state index in [1.165, 1.54) is 10.9 Å². The highest BCUT2D eigenvalue weighted by atomic mass is 127. The fraction of sp³-hybridized carbons (Fsp3) is 0.583. The fourth-order valence-electron chi connectivity index (χ4n) is 1.49. The summed E-state index contributed by atoms with van der Waals surface area (Å²) >= 11 is 1.89. The van der Waals surface area contributed by atoms with Crippen LogP contribution in [0.4, 0.5) is 0 Å². The average Bonchev–Trinajstić information content (AvgIpc) is 2.90. The Morgan fingerprint density at radius 1 is 1.17 bits per heavy atom. The fourth-order valence-corrected chi connectivity index (χ4v) is 2.16. The molecule has 0 saturated heterocycles. The molecule has 0 fully saturated rings. The van der Waals surface area contributed by atoms with Crippen LogP contribution < -0.4 is 10.6 Å². The van der Waals surface area contributed by atoms with Crippen LogP contribution in [0.25, 0.3) is 0 Å². The molecule has 23 heavy (non-hydrogen) atoms. The second-order valence-electron chi connectivity index (χ2n) is 4.71. The number of aromatic nitrogens is 2. The number of rotatable bonds is 9. The van der Waals surface area contributed by atoms with E-state index in [1.54, 1.807) is 0 Å². The largest absolute Gasteiger partial charge is 0.394 e. The Balaban J connectivity index is 2.57. The van der Waals surface area contributed by atoms with Gasteiger partial charge in [-0.15, -0.1) is 0 Å². The number of nitrogens with zero attached hydrogens (tertiary/aromatic N) is 2. The molecule has 0 aliphatic rings. The van der Waals surface area contributed by atoms with E-state index in [0.29, 0.717) is 3.57 Å². The Hall–Kier alpha value is -1.28. The number of carbonyl (C=O) groups is 2. The van der Waals surface area contributed by atoms with Crippen LogP contribution in [0.5, 0.6) is 0 Å². The molecule has 130 valence electrons. The summed E-state index contributed by atoms with van der Waals surface area (Å²) in [6.07, 6.45) is -0.585. The maximum atomic E-state index is 11.9. The molecule has 2 amide bonds. The van der Waals surface area contributed by atoms with E-state index in [-0.39, 0.29) is 25.3 Å². The molecule has 0 radical (unpaired) electrons. The second kappa shape index (κ2) is 9.77. The van der Waals surface area contributed by atoms with Crippen LogP contribution in [0, 0.1) is 3.57 Å². The van der Waals surface area contributed by atoms with Gasteiger partial charge in [0.15, 0.2) is 5.69 Å². The SMILES string of the molecule is O=C(Cn1cc(I)c(C(=O)NC[C@@H](O)CO)n1)NC[C@@H](O)CO. The zero-order valence-corrected chi connectivity index (χ0v) is 14.3. The van der Waals surface area contributed by atoms with Gasteiger partial charge in [0, 0.05) is 19.3 Å². The average molecular weight is 442 g/mol. The lowest BCUT2D eigenvalue weighted by Gasteiger charge is -2.09. The predicted molar refractivity (Wildman–Crippen MR) is 86.5 cm³/mol. The molecule has 1 aromatic heterocycles. The Labute approximate surface area is 145 Å². The third-order valence-electron chi connectivity index (χ3n) is 2.69. The zero-order valence-electron chi connectivity index (χ0n) is 12.1. The summed E-state index contributed by atoms with van der Waals surface area (Å²) in [5.74, 6) is -0.962. The van der Waals surface area contributed by atoms with Gasteiger partial charge >= 0.3 is 0 Å². The minimum absolute atomic E-state index is 0.0832. The van der Waals surface area contributed by atoms with Crippen LogP contribution in [0.15, 0.2) is 6.20 Å². The minimum atomic E-state index is -1.05. The molecule has 11 heteroatoms. The lowest BCUT2D eigenvalue weighted by molar-refractivity contribution is -0.122. The summed E-state index contributed by atoms with van der Waals surface area (Å²) in [5, 5.41) is 44.5. The molecule has 1 aromatic rings. The molecule has 0 aliphatic heterocycles. The second-order valence-corrected chi connectivity index (χ2v) is 5.87. The summed E-state index contributed by atoms with van der Waals surface area (Å²) in [5.41, 5.74) is 0.0962. The van der Waals surface area contributed by atoms with Crippen molar-refractivity contribution < 1.29 is 30.0 Å². The van der Waals surface area contributed by atoms with Crippen LogP contribution in [-0.2, 0) is 11.3 Å². The molecule has 0 aliphatic carbocycles. The number of aliphatic hydroxyl groups excluding tert-OH is 4. The van der Waals surface area contributed by atoms with E-state index < -0.39 is 37.2 Å². The minimum Gasteiger partial charge on any atom is -0.394 e. The molecule has 0 bridgehead atoms. The van der Waals surface area contributed by atoms with Crippen molar-refractivity contribution in [1.29, 1.82) is 0 Å². The molecule has 2 atom stereocenters. The highest BCUT2D eigenvalue weighted by Crippen LogP contribution is 2.10. The van der Waals surface area contributed by atoms with E-state index in [2.05, 4.69) is 15.7 Å². The number of nitrogens with one attached hydrogen (secondary N) is 2. The molecule has 0 spiro atoms. The lowest BCUT2D eigenvalue weighted by Crippen LogP contribution is -2.36. The molecule has 1 heterocycles. The summed E-state index contributed by atoms with van der Waals surface area (Å²) in [7, 11) is 0.